The molecule has 0 atom stereocenters. The molecule has 1 aliphatic carbocycles. The Hall–Kier alpha value is -1.32. The maximum atomic E-state index is 5.97. The summed E-state index contributed by atoms with van der Waals surface area (Å²) < 4.78 is 5.97. The lowest BCUT2D eigenvalue weighted by Gasteiger charge is -2.22. The first-order valence-corrected chi connectivity index (χ1v) is 7.04. The molecule has 1 aromatic rings. The van der Waals surface area contributed by atoms with Crippen molar-refractivity contribution >= 4 is 5.95 Å². The number of nitrogens with one attached hydrogen (secondary N) is 1. The number of ether oxygens (including phenoxy) is 1. The van der Waals surface area contributed by atoms with Gasteiger partial charge in [0.15, 0.2) is 0 Å². The number of nitrogens with zero attached hydrogens (tertiary/aromatic N) is 2. The van der Waals surface area contributed by atoms with Gasteiger partial charge in [0.1, 0.15) is 6.10 Å². The molecular weight excluding hydrogens is 226 g/mol. The van der Waals surface area contributed by atoms with Gasteiger partial charge in [-0.25, -0.2) is 4.98 Å². The molecule has 0 amide bonds. The number of hydrogen-bond donors (Lipinski definition) is 1. The van der Waals surface area contributed by atoms with Crippen LogP contribution in [-0.4, -0.2) is 22.6 Å². The van der Waals surface area contributed by atoms with Gasteiger partial charge in [-0.15, -0.1) is 0 Å². The van der Waals surface area contributed by atoms with Gasteiger partial charge in [0.2, 0.25) is 11.8 Å². The minimum Gasteiger partial charge on any atom is -0.474 e. The third-order valence-electron chi connectivity index (χ3n) is 3.20. The second kappa shape index (κ2) is 6.57. The first kappa shape index (κ1) is 13.1. The zero-order valence-corrected chi connectivity index (χ0v) is 11.4. The average Bonchev–Trinajstić information content (AvgIpc) is 2.37. The highest BCUT2D eigenvalue weighted by Gasteiger charge is 2.16. The Morgan fingerprint density at radius 1 is 1.28 bits per heavy atom. The van der Waals surface area contributed by atoms with Crippen molar-refractivity contribution in [3.8, 4) is 5.88 Å². The van der Waals surface area contributed by atoms with Crippen LogP contribution in [0.1, 0.15) is 51.1 Å². The van der Waals surface area contributed by atoms with Crippen LogP contribution in [0.25, 0.3) is 0 Å². The van der Waals surface area contributed by atoms with Gasteiger partial charge in [-0.2, -0.15) is 4.98 Å². The zero-order valence-electron chi connectivity index (χ0n) is 11.4. The van der Waals surface area contributed by atoms with Crippen LogP contribution in [0, 0.1) is 6.92 Å². The monoisotopic (exact) mass is 249 g/mol. The molecule has 1 fully saturated rings. The number of aryl methyl sites for hydroxylation is 1. The summed E-state index contributed by atoms with van der Waals surface area (Å²) in [7, 11) is 0. The standard InChI is InChI=1S/C14H23N3O/c1-3-9-15-14-16-11(2)10-13(17-14)18-12-7-5-4-6-8-12/h10,12H,3-9H2,1-2H3,(H,15,16,17). The van der Waals surface area contributed by atoms with Gasteiger partial charge >= 0.3 is 0 Å². The molecule has 18 heavy (non-hydrogen) atoms. The van der Waals surface area contributed by atoms with Crippen molar-refractivity contribution in [3.63, 3.8) is 0 Å². The number of aromatic nitrogens is 2. The van der Waals surface area contributed by atoms with Crippen molar-refractivity contribution in [1.29, 1.82) is 0 Å². The summed E-state index contributed by atoms with van der Waals surface area (Å²) in [5.41, 5.74) is 0.953. The highest BCUT2D eigenvalue weighted by Crippen LogP contribution is 2.23. The van der Waals surface area contributed by atoms with E-state index in [4.69, 9.17) is 4.74 Å². The van der Waals surface area contributed by atoms with E-state index in [-0.39, 0.29) is 0 Å². The van der Waals surface area contributed by atoms with E-state index in [1.54, 1.807) is 0 Å². The first-order valence-electron chi connectivity index (χ1n) is 7.04. The van der Waals surface area contributed by atoms with Crippen LogP contribution < -0.4 is 10.1 Å². The second-order valence-electron chi connectivity index (χ2n) is 4.98. The van der Waals surface area contributed by atoms with Crippen molar-refractivity contribution in [1.82, 2.24) is 9.97 Å². The molecule has 0 saturated heterocycles. The fourth-order valence-corrected chi connectivity index (χ4v) is 2.27. The maximum absolute atomic E-state index is 5.97. The topological polar surface area (TPSA) is 47.0 Å². The van der Waals surface area contributed by atoms with Crippen LogP contribution in [0.5, 0.6) is 5.88 Å². The molecular formula is C14H23N3O. The molecule has 0 radical (unpaired) electrons. The quantitative estimate of drug-likeness (QED) is 0.869. The average molecular weight is 249 g/mol. The van der Waals surface area contributed by atoms with E-state index in [2.05, 4.69) is 22.2 Å². The highest BCUT2D eigenvalue weighted by molar-refractivity contribution is 5.30. The number of rotatable bonds is 5. The zero-order chi connectivity index (χ0) is 12.8. The van der Waals surface area contributed by atoms with Crippen molar-refractivity contribution in [2.75, 3.05) is 11.9 Å². The Morgan fingerprint density at radius 3 is 2.78 bits per heavy atom. The molecule has 2 rings (SSSR count). The molecule has 1 aliphatic rings. The van der Waals surface area contributed by atoms with E-state index in [9.17, 15) is 0 Å². The normalized spacial score (nSPS) is 16.6. The van der Waals surface area contributed by atoms with Crippen molar-refractivity contribution in [2.45, 2.75) is 58.5 Å². The molecule has 0 unspecified atom stereocenters. The van der Waals surface area contributed by atoms with Gasteiger partial charge in [-0.1, -0.05) is 13.3 Å². The molecule has 0 aromatic carbocycles. The summed E-state index contributed by atoms with van der Waals surface area (Å²) in [6.45, 7) is 5.00. The predicted octanol–water partition coefficient (Wildman–Crippen LogP) is 3.32. The molecule has 0 spiro atoms. The molecule has 1 saturated carbocycles. The summed E-state index contributed by atoms with van der Waals surface area (Å²) >= 11 is 0. The van der Waals surface area contributed by atoms with Crippen LogP contribution in [-0.2, 0) is 0 Å². The molecule has 4 heteroatoms. The summed E-state index contributed by atoms with van der Waals surface area (Å²) in [4.78, 5) is 8.78. The minimum atomic E-state index is 0.340. The summed E-state index contributed by atoms with van der Waals surface area (Å²) in [6, 6.07) is 1.92. The minimum absolute atomic E-state index is 0.340. The Bertz CT molecular complexity index is 375. The van der Waals surface area contributed by atoms with E-state index in [0.717, 1.165) is 31.5 Å². The number of hydrogen-bond acceptors (Lipinski definition) is 4. The smallest absolute Gasteiger partial charge is 0.226 e. The fraction of sp³-hybridized carbons (Fsp3) is 0.714. The van der Waals surface area contributed by atoms with Crippen LogP contribution in [0.15, 0.2) is 6.07 Å². The lowest BCUT2D eigenvalue weighted by molar-refractivity contribution is 0.148. The lowest BCUT2D eigenvalue weighted by Crippen LogP contribution is -2.20. The van der Waals surface area contributed by atoms with E-state index in [0.29, 0.717) is 17.9 Å². The van der Waals surface area contributed by atoms with Gasteiger partial charge in [-0.3, -0.25) is 0 Å². The molecule has 0 aliphatic heterocycles. The van der Waals surface area contributed by atoms with Gasteiger partial charge in [0.05, 0.1) is 0 Å². The van der Waals surface area contributed by atoms with E-state index >= 15 is 0 Å². The Morgan fingerprint density at radius 2 is 2.06 bits per heavy atom. The van der Waals surface area contributed by atoms with E-state index in [1.807, 2.05) is 13.0 Å². The fourth-order valence-electron chi connectivity index (χ4n) is 2.27. The van der Waals surface area contributed by atoms with Gasteiger partial charge < -0.3 is 10.1 Å². The lowest BCUT2D eigenvalue weighted by atomic mass is 9.98. The summed E-state index contributed by atoms with van der Waals surface area (Å²) in [6.07, 6.45) is 7.60. The van der Waals surface area contributed by atoms with Crippen molar-refractivity contribution in [2.24, 2.45) is 0 Å². The van der Waals surface area contributed by atoms with E-state index < -0.39 is 0 Å². The predicted molar refractivity (Wildman–Crippen MR) is 73.1 cm³/mol. The van der Waals surface area contributed by atoms with E-state index in [1.165, 1.54) is 19.3 Å². The van der Waals surface area contributed by atoms with Crippen LogP contribution >= 0.6 is 0 Å². The first-order chi connectivity index (χ1) is 8.78. The molecule has 1 N–H and O–H groups in total. The van der Waals surface area contributed by atoms with Crippen LogP contribution in [0.2, 0.25) is 0 Å². The Kier molecular flexibility index (Phi) is 4.79. The Labute approximate surface area is 109 Å². The van der Waals surface area contributed by atoms with Crippen molar-refractivity contribution < 1.29 is 4.74 Å². The molecule has 1 heterocycles. The third-order valence-corrected chi connectivity index (χ3v) is 3.20. The second-order valence-corrected chi connectivity index (χ2v) is 4.98. The Balaban J connectivity index is 1.99. The van der Waals surface area contributed by atoms with Gasteiger partial charge in [-0.05, 0) is 39.0 Å². The molecule has 4 nitrogen and oxygen atoms in total. The van der Waals surface area contributed by atoms with Gasteiger partial charge in [0.25, 0.3) is 0 Å². The molecule has 1 aromatic heterocycles. The van der Waals surface area contributed by atoms with Gasteiger partial charge in [0, 0.05) is 18.3 Å². The van der Waals surface area contributed by atoms with Crippen molar-refractivity contribution in [3.05, 3.63) is 11.8 Å². The highest BCUT2D eigenvalue weighted by atomic mass is 16.5. The summed E-state index contributed by atoms with van der Waals surface area (Å²) in [5, 5.41) is 3.21. The van der Waals surface area contributed by atoms with Crippen LogP contribution in [0.4, 0.5) is 5.95 Å². The third kappa shape index (κ3) is 3.86. The summed E-state index contributed by atoms with van der Waals surface area (Å²) in [5.74, 6) is 1.40. The number of anilines is 1. The van der Waals surface area contributed by atoms with Crippen LogP contribution in [0.3, 0.4) is 0 Å². The molecule has 100 valence electrons. The maximum Gasteiger partial charge on any atom is 0.226 e. The largest absolute Gasteiger partial charge is 0.474 e. The SMILES string of the molecule is CCCNc1nc(C)cc(OC2CCCCC2)n1. The molecule has 0 bridgehead atoms.